The predicted octanol–water partition coefficient (Wildman–Crippen LogP) is 2.33. The first-order chi connectivity index (χ1) is 13.8. The van der Waals surface area contributed by atoms with Crippen molar-refractivity contribution in [1.82, 2.24) is 21.0 Å². The molecule has 9 heteroatoms. The molecule has 0 aliphatic rings. The number of hydrogen-bond acceptors (Lipinski definition) is 5. The van der Waals surface area contributed by atoms with Gasteiger partial charge in [-0.3, -0.25) is 25.5 Å². The smallest absolute Gasteiger partial charge is 0.272 e. The van der Waals surface area contributed by atoms with Crippen LogP contribution in [0.5, 0.6) is 0 Å². The fourth-order valence-corrected chi connectivity index (χ4v) is 3.58. The fraction of sp³-hybridized carbons (Fsp3) is 0.150. The Morgan fingerprint density at radius 1 is 0.931 bits per heavy atom. The number of nitrogens with zero attached hydrogens (tertiary/aromatic N) is 1. The van der Waals surface area contributed by atoms with E-state index < -0.39 is 26.9 Å². The standard InChI is InChI=1S/C20H20N4O4S/c1-13(2)29(27,28)16-10-8-15(9-11-16)19(25)23-24-20(26)18-12-17(21-22-18)14-6-4-3-5-7-14/h3-13H,1-2H3,(H,21,22)(H,23,25)(H,24,26). The van der Waals surface area contributed by atoms with Crippen LogP contribution in [0.4, 0.5) is 0 Å². The van der Waals surface area contributed by atoms with Crippen LogP contribution in [0.25, 0.3) is 11.3 Å². The number of hydrogen-bond donors (Lipinski definition) is 3. The van der Waals surface area contributed by atoms with Gasteiger partial charge >= 0.3 is 0 Å². The number of sulfone groups is 1. The number of benzene rings is 2. The third-order valence-corrected chi connectivity index (χ3v) is 6.42. The SMILES string of the molecule is CC(C)S(=O)(=O)c1ccc(C(=O)NNC(=O)c2cc(-c3ccccc3)n[nH]2)cc1. The van der Waals surface area contributed by atoms with Crippen LogP contribution in [-0.2, 0) is 9.84 Å². The lowest BCUT2D eigenvalue weighted by atomic mass is 10.1. The summed E-state index contributed by atoms with van der Waals surface area (Å²) in [6.07, 6.45) is 0. The fourth-order valence-electron chi connectivity index (χ4n) is 2.52. The van der Waals surface area contributed by atoms with Crippen LogP contribution in [-0.4, -0.2) is 35.7 Å². The second kappa shape index (κ2) is 8.27. The topological polar surface area (TPSA) is 121 Å². The van der Waals surface area contributed by atoms with Gasteiger partial charge in [0.1, 0.15) is 5.69 Å². The van der Waals surface area contributed by atoms with Crippen molar-refractivity contribution >= 4 is 21.7 Å². The van der Waals surface area contributed by atoms with E-state index in [1.165, 1.54) is 24.3 Å². The second-order valence-electron chi connectivity index (χ2n) is 6.56. The summed E-state index contributed by atoms with van der Waals surface area (Å²) in [6.45, 7) is 3.17. The molecule has 3 rings (SSSR count). The molecule has 0 spiro atoms. The van der Waals surface area contributed by atoms with E-state index in [0.717, 1.165) is 5.56 Å². The quantitative estimate of drug-likeness (QED) is 0.556. The van der Waals surface area contributed by atoms with E-state index in [2.05, 4.69) is 21.0 Å². The van der Waals surface area contributed by atoms with Gasteiger partial charge in [0.2, 0.25) is 0 Å². The highest BCUT2D eigenvalue weighted by atomic mass is 32.2. The lowest BCUT2D eigenvalue weighted by Gasteiger charge is -2.09. The molecule has 150 valence electrons. The highest BCUT2D eigenvalue weighted by Crippen LogP contribution is 2.17. The van der Waals surface area contributed by atoms with Gasteiger partial charge in [-0.15, -0.1) is 0 Å². The maximum Gasteiger partial charge on any atom is 0.287 e. The van der Waals surface area contributed by atoms with Crippen LogP contribution in [0.3, 0.4) is 0 Å². The zero-order valence-corrected chi connectivity index (χ0v) is 16.7. The van der Waals surface area contributed by atoms with Gasteiger partial charge in [0.05, 0.1) is 15.8 Å². The molecule has 3 aromatic rings. The van der Waals surface area contributed by atoms with Crippen molar-refractivity contribution in [2.75, 3.05) is 0 Å². The first-order valence-electron chi connectivity index (χ1n) is 8.84. The molecule has 0 saturated heterocycles. The molecule has 8 nitrogen and oxygen atoms in total. The summed E-state index contributed by atoms with van der Waals surface area (Å²) in [5, 5.41) is 6.15. The van der Waals surface area contributed by atoms with Gasteiger partial charge in [-0.2, -0.15) is 5.10 Å². The third kappa shape index (κ3) is 4.52. The largest absolute Gasteiger partial charge is 0.287 e. The Morgan fingerprint density at radius 2 is 1.55 bits per heavy atom. The number of nitrogens with one attached hydrogen (secondary N) is 3. The number of H-pyrrole nitrogens is 1. The lowest BCUT2D eigenvalue weighted by Crippen LogP contribution is -2.41. The van der Waals surface area contributed by atoms with Crippen molar-refractivity contribution in [3.05, 3.63) is 71.9 Å². The Morgan fingerprint density at radius 3 is 2.17 bits per heavy atom. The highest BCUT2D eigenvalue weighted by molar-refractivity contribution is 7.92. The Labute approximate surface area is 168 Å². The van der Waals surface area contributed by atoms with Crippen LogP contribution in [0.1, 0.15) is 34.7 Å². The number of carbonyl (C=O) groups excluding carboxylic acids is 2. The van der Waals surface area contributed by atoms with Crippen LogP contribution in [0.15, 0.2) is 65.6 Å². The first-order valence-corrected chi connectivity index (χ1v) is 10.4. The zero-order chi connectivity index (χ0) is 21.0. The molecule has 2 amide bonds. The van der Waals surface area contributed by atoms with E-state index in [1.54, 1.807) is 19.9 Å². The normalized spacial score (nSPS) is 11.3. The van der Waals surface area contributed by atoms with E-state index in [9.17, 15) is 18.0 Å². The molecular formula is C20H20N4O4S. The second-order valence-corrected chi connectivity index (χ2v) is 9.06. The Bertz CT molecular complexity index is 1120. The minimum Gasteiger partial charge on any atom is -0.272 e. The maximum atomic E-state index is 12.2. The van der Waals surface area contributed by atoms with Crippen LogP contribution in [0.2, 0.25) is 0 Å². The molecule has 0 bridgehead atoms. The molecular weight excluding hydrogens is 392 g/mol. The van der Waals surface area contributed by atoms with Gasteiger partial charge in [0.25, 0.3) is 11.8 Å². The molecule has 0 aliphatic carbocycles. The summed E-state index contributed by atoms with van der Waals surface area (Å²) in [7, 11) is -3.41. The van der Waals surface area contributed by atoms with Crippen molar-refractivity contribution in [2.45, 2.75) is 24.0 Å². The lowest BCUT2D eigenvalue weighted by molar-refractivity contribution is 0.0844. The molecule has 0 fully saturated rings. The number of hydrazine groups is 1. The molecule has 29 heavy (non-hydrogen) atoms. The van der Waals surface area contributed by atoms with Gasteiger partial charge < -0.3 is 0 Å². The van der Waals surface area contributed by atoms with Crippen molar-refractivity contribution in [3.8, 4) is 11.3 Å². The number of amides is 2. The summed E-state index contributed by atoms with van der Waals surface area (Å²) in [6, 6.07) is 16.4. The average molecular weight is 412 g/mol. The van der Waals surface area contributed by atoms with Crippen LogP contribution in [0, 0.1) is 0 Å². The Balaban J connectivity index is 1.62. The van der Waals surface area contributed by atoms with Crippen LogP contribution >= 0.6 is 0 Å². The van der Waals surface area contributed by atoms with Gasteiger partial charge in [-0.1, -0.05) is 30.3 Å². The van der Waals surface area contributed by atoms with Crippen molar-refractivity contribution < 1.29 is 18.0 Å². The van der Waals surface area contributed by atoms with E-state index in [4.69, 9.17) is 0 Å². The van der Waals surface area contributed by atoms with E-state index in [1.807, 2.05) is 30.3 Å². The number of rotatable bonds is 5. The van der Waals surface area contributed by atoms with Crippen molar-refractivity contribution in [3.63, 3.8) is 0 Å². The van der Waals surface area contributed by atoms with Gasteiger partial charge in [0, 0.05) is 11.1 Å². The molecule has 0 unspecified atom stereocenters. The number of aromatic nitrogens is 2. The molecule has 2 aromatic carbocycles. The third-order valence-electron chi connectivity index (χ3n) is 4.25. The summed E-state index contributed by atoms with van der Waals surface area (Å²) >= 11 is 0. The van der Waals surface area contributed by atoms with E-state index in [-0.39, 0.29) is 16.2 Å². The van der Waals surface area contributed by atoms with Crippen molar-refractivity contribution in [1.29, 1.82) is 0 Å². The van der Waals surface area contributed by atoms with E-state index in [0.29, 0.717) is 5.69 Å². The zero-order valence-electron chi connectivity index (χ0n) is 15.8. The molecule has 3 N–H and O–H groups in total. The highest BCUT2D eigenvalue weighted by Gasteiger charge is 2.19. The van der Waals surface area contributed by atoms with Gasteiger partial charge in [-0.25, -0.2) is 8.42 Å². The number of carbonyl (C=O) groups is 2. The average Bonchev–Trinajstić information content (AvgIpc) is 3.23. The molecule has 0 saturated carbocycles. The molecule has 1 aromatic heterocycles. The Kier molecular flexibility index (Phi) is 5.79. The summed E-state index contributed by atoms with van der Waals surface area (Å²) in [5.41, 5.74) is 6.43. The minimum atomic E-state index is -3.41. The summed E-state index contributed by atoms with van der Waals surface area (Å²) in [5.74, 6) is -1.14. The maximum absolute atomic E-state index is 12.2. The van der Waals surface area contributed by atoms with Crippen molar-refractivity contribution in [2.24, 2.45) is 0 Å². The van der Waals surface area contributed by atoms with Gasteiger partial charge in [-0.05, 0) is 44.2 Å². The summed E-state index contributed by atoms with van der Waals surface area (Å²) < 4.78 is 24.2. The Hall–Kier alpha value is -3.46. The molecule has 0 aliphatic heterocycles. The molecule has 1 heterocycles. The van der Waals surface area contributed by atoms with Crippen LogP contribution < -0.4 is 10.9 Å². The predicted molar refractivity (Wildman–Crippen MR) is 108 cm³/mol. The number of aromatic amines is 1. The summed E-state index contributed by atoms with van der Waals surface area (Å²) in [4.78, 5) is 24.5. The van der Waals surface area contributed by atoms with E-state index >= 15 is 0 Å². The molecule has 0 atom stereocenters. The van der Waals surface area contributed by atoms with Gasteiger partial charge in [0.15, 0.2) is 9.84 Å². The minimum absolute atomic E-state index is 0.138. The molecule has 0 radical (unpaired) electrons. The first kappa shape index (κ1) is 20.3. The monoisotopic (exact) mass is 412 g/mol.